The van der Waals surface area contributed by atoms with Gasteiger partial charge < -0.3 is 10.8 Å². The lowest BCUT2D eigenvalue weighted by molar-refractivity contribution is -0.144. The lowest BCUT2D eigenvalue weighted by Gasteiger charge is -2.30. The lowest BCUT2D eigenvalue weighted by atomic mass is 9.73. The van der Waals surface area contributed by atoms with Gasteiger partial charge in [0.05, 0.1) is 5.41 Å². The van der Waals surface area contributed by atoms with Gasteiger partial charge in [0, 0.05) is 10.7 Å². The zero-order valence-corrected chi connectivity index (χ0v) is 11.0. The highest BCUT2D eigenvalue weighted by Gasteiger charge is 2.41. The predicted molar refractivity (Wildman–Crippen MR) is 72.9 cm³/mol. The Morgan fingerprint density at radius 2 is 1.83 bits per heavy atom. The van der Waals surface area contributed by atoms with Crippen LogP contribution in [0.25, 0.3) is 0 Å². The van der Waals surface area contributed by atoms with Gasteiger partial charge in [-0.3, -0.25) is 4.79 Å². The molecule has 0 saturated heterocycles. The van der Waals surface area contributed by atoms with Gasteiger partial charge in [-0.1, -0.05) is 37.3 Å². The minimum atomic E-state index is -0.856. The van der Waals surface area contributed by atoms with Gasteiger partial charge >= 0.3 is 5.97 Å². The van der Waals surface area contributed by atoms with Gasteiger partial charge in [0.15, 0.2) is 0 Å². The zero-order chi connectivity index (χ0) is 13.2. The average Bonchev–Trinajstić information content (AvgIpc) is 2.58. The molecule has 0 amide bonds. The number of nitrogens with two attached hydrogens (primary N) is 1. The maximum Gasteiger partial charge on any atom is 0.314 e. The largest absolute Gasteiger partial charge is 0.481 e. The maximum absolute atomic E-state index is 11.8. The van der Waals surface area contributed by atoms with Crippen LogP contribution in [-0.4, -0.2) is 11.1 Å². The second kappa shape index (κ2) is 5.19. The third-order valence-electron chi connectivity index (χ3n) is 3.90. The first-order valence-electron chi connectivity index (χ1n) is 6.35. The molecule has 0 bridgehead atoms. The smallest absolute Gasteiger partial charge is 0.314 e. The summed E-state index contributed by atoms with van der Waals surface area (Å²) in [6, 6.07) is 5.12. The van der Waals surface area contributed by atoms with E-state index in [1.165, 1.54) is 0 Å². The number of hydrogen-bond donors (Lipinski definition) is 2. The van der Waals surface area contributed by atoms with Crippen LogP contribution in [0, 0.1) is 0 Å². The van der Waals surface area contributed by atoms with E-state index in [-0.39, 0.29) is 0 Å². The normalized spacial score (nSPS) is 19.2. The molecule has 4 heteroatoms. The molecule has 1 aliphatic carbocycles. The number of anilines is 1. The van der Waals surface area contributed by atoms with E-state index in [2.05, 4.69) is 0 Å². The van der Waals surface area contributed by atoms with Crippen molar-refractivity contribution in [3.8, 4) is 0 Å². The maximum atomic E-state index is 11.8. The number of aliphatic carboxylic acids is 1. The zero-order valence-electron chi connectivity index (χ0n) is 10.3. The van der Waals surface area contributed by atoms with Gasteiger partial charge in [-0.15, -0.1) is 0 Å². The number of hydrogen-bond acceptors (Lipinski definition) is 2. The van der Waals surface area contributed by atoms with Crippen molar-refractivity contribution in [2.24, 2.45) is 0 Å². The van der Waals surface area contributed by atoms with Crippen molar-refractivity contribution < 1.29 is 9.90 Å². The molecular formula is C14H18ClNO2. The fourth-order valence-corrected chi connectivity index (χ4v) is 3.05. The Kier molecular flexibility index (Phi) is 3.81. The van der Waals surface area contributed by atoms with Gasteiger partial charge in [0.1, 0.15) is 0 Å². The molecule has 0 aromatic heterocycles. The molecule has 0 aliphatic heterocycles. The van der Waals surface area contributed by atoms with Crippen molar-refractivity contribution in [1.82, 2.24) is 0 Å². The van der Waals surface area contributed by atoms with Crippen LogP contribution in [-0.2, 0) is 10.2 Å². The molecule has 0 unspecified atom stereocenters. The molecule has 1 aromatic carbocycles. The molecule has 0 atom stereocenters. The molecule has 98 valence electrons. The van der Waals surface area contributed by atoms with Crippen LogP contribution >= 0.6 is 11.6 Å². The summed E-state index contributed by atoms with van der Waals surface area (Å²) >= 11 is 6.00. The molecule has 0 heterocycles. The number of benzene rings is 1. The quantitative estimate of drug-likeness (QED) is 0.636. The molecule has 3 nitrogen and oxygen atoms in total. The second-order valence-electron chi connectivity index (χ2n) is 5.03. The first kappa shape index (κ1) is 13.2. The Bertz CT molecular complexity index is 451. The topological polar surface area (TPSA) is 63.3 Å². The van der Waals surface area contributed by atoms with E-state index in [9.17, 15) is 9.90 Å². The number of nitrogen functional groups attached to an aromatic ring is 1. The fourth-order valence-electron chi connectivity index (χ4n) is 2.87. The SMILES string of the molecule is Nc1ccc(Cl)cc1C1(C(=O)O)CCCCCC1. The van der Waals surface area contributed by atoms with Gasteiger partial charge in [-0.05, 0) is 36.6 Å². The molecule has 18 heavy (non-hydrogen) atoms. The summed E-state index contributed by atoms with van der Waals surface area (Å²) < 4.78 is 0. The summed E-state index contributed by atoms with van der Waals surface area (Å²) in [5.74, 6) is -0.779. The van der Waals surface area contributed by atoms with Crippen LogP contribution in [0.4, 0.5) is 5.69 Å². The molecule has 2 rings (SSSR count). The fraction of sp³-hybridized carbons (Fsp3) is 0.500. The van der Waals surface area contributed by atoms with Crippen molar-refractivity contribution >= 4 is 23.3 Å². The van der Waals surface area contributed by atoms with Gasteiger partial charge in [-0.2, -0.15) is 0 Å². The monoisotopic (exact) mass is 267 g/mol. The number of carboxylic acid groups (broad SMARTS) is 1. The molecule has 3 N–H and O–H groups in total. The molecule has 0 spiro atoms. The van der Waals surface area contributed by atoms with Crippen LogP contribution < -0.4 is 5.73 Å². The number of carbonyl (C=O) groups is 1. The number of carboxylic acids is 1. The summed E-state index contributed by atoms with van der Waals surface area (Å²) in [7, 11) is 0. The number of halogens is 1. The number of rotatable bonds is 2. The average molecular weight is 268 g/mol. The van der Waals surface area contributed by atoms with E-state index in [4.69, 9.17) is 17.3 Å². The highest BCUT2D eigenvalue weighted by molar-refractivity contribution is 6.30. The summed E-state index contributed by atoms with van der Waals surface area (Å²) in [5.41, 5.74) is 6.33. The molecule has 0 radical (unpaired) electrons. The van der Waals surface area contributed by atoms with Crippen molar-refractivity contribution in [2.75, 3.05) is 5.73 Å². The summed E-state index contributed by atoms with van der Waals surface area (Å²) in [6.07, 6.45) is 5.33. The summed E-state index contributed by atoms with van der Waals surface area (Å²) in [6.45, 7) is 0. The summed E-state index contributed by atoms with van der Waals surface area (Å²) in [5, 5.41) is 10.2. The van der Waals surface area contributed by atoms with E-state index < -0.39 is 11.4 Å². The third kappa shape index (κ3) is 2.32. The Hall–Kier alpha value is -1.22. The molecule has 1 saturated carbocycles. The van der Waals surface area contributed by atoms with E-state index >= 15 is 0 Å². The molecule has 1 aromatic rings. The minimum Gasteiger partial charge on any atom is -0.481 e. The van der Waals surface area contributed by atoms with Gasteiger partial charge in [0.25, 0.3) is 0 Å². The Labute approximate surface area is 112 Å². The second-order valence-corrected chi connectivity index (χ2v) is 5.47. The molecule has 1 aliphatic rings. The Morgan fingerprint density at radius 1 is 1.22 bits per heavy atom. The van der Waals surface area contributed by atoms with E-state index in [1.54, 1.807) is 18.2 Å². The highest BCUT2D eigenvalue weighted by atomic mass is 35.5. The first-order valence-corrected chi connectivity index (χ1v) is 6.73. The van der Waals surface area contributed by atoms with Crippen molar-refractivity contribution in [1.29, 1.82) is 0 Å². The Balaban J connectivity index is 2.52. The van der Waals surface area contributed by atoms with Crippen LogP contribution in [0.1, 0.15) is 44.1 Å². The third-order valence-corrected chi connectivity index (χ3v) is 4.13. The van der Waals surface area contributed by atoms with Crippen molar-refractivity contribution in [2.45, 2.75) is 43.9 Å². The van der Waals surface area contributed by atoms with E-state index in [1.807, 2.05) is 0 Å². The van der Waals surface area contributed by atoms with Crippen LogP contribution in [0.15, 0.2) is 18.2 Å². The lowest BCUT2D eigenvalue weighted by Crippen LogP contribution is -2.36. The standard InChI is InChI=1S/C14H18ClNO2/c15-10-5-6-12(16)11(9-10)14(13(17)18)7-3-1-2-4-8-14/h5-6,9H,1-4,7-8,16H2,(H,17,18). The van der Waals surface area contributed by atoms with Gasteiger partial charge in [-0.25, -0.2) is 0 Å². The molecule has 1 fully saturated rings. The van der Waals surface area contributed by atoms with Crippen molar-refractivity contribution in [3.05, 3.63) is 28.8 Å². The van der Waals surface area contributed by atoms with Crippen molar-refractivity contribution in [3.63, 3.8) is 0 Å². The minimum absolute atomic E-state index is 0.531. The van der Waals surface area contributed by atoms with Crippen LogP contribution in [0.3, 0.4) is 0 Å². The first-order chi connectivity index (χ1) is 8.56. The van der Waals surface area contributed by atoms with Gasteiger partial charge in [0.2, 0.25) is 0 Å². The highest BCUT2D eigenvalue weighted by Crippen LogP contribution is 2.42. The van der Waals surface area contributed by atoms with E-state index in [0.29, 0.717) is 29.1 Å². The van der Waals surface area contributed by atoms with Crippen LogP contribution in [0.5, 0.6) is 0 Å². The van der Waals surface area contributed by atoms with Crippen LogP contribution in [0.2, 0.25) is 5.02 Å². The Morgan fingerprint density at radius 3 is 2.39 bits per heavy atom. The predicted octanol–water partition coefficient (Wildman–Crippen LogP) is 3.60. The van der Waals surface area contributed by atoms with E-state index in [0.717, 1.165) is 25.7 Å². The molecular weight excluding hydrogens is 250 g/mol. The summed E-state index contributed by atoms with van der Waals surface area (Å²) in [4.78, 5) is 11.8.